The Morgan fingerprint density at radius 1 is 1.44 bits per heavy atom. The fourth-order valence-corrected chi connectivity index (χ4v) is 0.227. The lowest BCUT2D eigenvalue weighted by Crippen LogP contribution is -2.18. The molecule has 0 saturated heterocycles. The van der Waals surface area contributed by atoms with E-state index in [1.54, 1.807) is 18.0 Å². The van der Waals surface area contributed by atoms with Gasteiger partial charge in [-0.3, -0.25) is 10.2 Å². The van der Waals surface area contributed by atoms with Crippen molar-refractivity contribution in [3.8, 4) is 0 Å². The van der Waals surface area contributed by atoms with E-state index in [9.17, 15) is 0 Å². The normalized spacial score (nSPS) is 6.78. The highest BCUT2D eigenvalue weighted by Gasteiger charge is 1.58. The molecule has 1 aromatic rings. The first kappa shape index (κ1) is 7.71. The van der Waals surface area contributed by atoms with Crippen LogP contribution in [0.25, 0.3) is 0 Å². The monoisotopic (exact) mass is 128 g/mol. The summed E-state index contributed by atoms with van der Waals surface area (Å²) in [5.74, 6) is 4.41. The van der Waals surface area contributed by atoms with Crippen molar-refractivity contribution in [1.29, 1.82) is 0 Å². The largest absolute Gasteiger partial charge is 0.473 e. The Labute approximate surface area is 52.6 Å². The summed E-state index contributed by atoms with van der Waals surface area (Å²) in [6.45, 7) is 0. The quantitative estimate of drug-likeness (QED) is 0.240. The SMILES string of the molecule is NNC=O.c1ccoc1. The van der Waals surface area contributed by atoms with Crippen LogP contribution in [0.1, 0.15) is 0 Å². The molecule has 0 aliphatic carbocycles. The van der Waals surface area contributed by atoms with Gasteiger partial charge < -0.3 is 4.42 Å². The van der Waals surface area contributed by atoms with Gasteiger partial charge in [-0.25, -0.2) is 5.84 Å². The molecule has 4 nitrogen and oxygen atoms in total. The average molecular weight is 128 g/mol. The van der Waals surface area contributed by atoms with Crippen LogP contribution in [0.2, 0.25) is 0 Å². The van der Waals surface area contributed by atoms with Gasteiger partial charge in [0.1, 0.15) is 0 Å². The van der Waals surface area contributed by atoms with Crippen molar-refractivity contribution in [2.45, 2.75) is 0 Å². The number of nitrogens with one attached hydrogen (secondary N) is 1. The van der Waals surface area contributed by atoms with Crippen molar-refractivity contribution >= 4 is 6.41 Å². The van der Waals surface area contributed by atoms with Crippen molar-refractivity contribution in [2.75, 3.05) is 0 Å². The summed E-state index contributed by atoms with van der Waals surface area (Å²) in [6, 6.07) is 3.67. The molecule has 0 unspecified atom stereocenters. The molecular formula is C5H8N2O2. The second kappa shape index (κ2) is 6.71. The Morgan fingerprint density at radius 3 is 2.00 bits per heavy atom. The fraction of sp³-hybridized carbons (Fsp3) is 0. The molecule has 0 aromatic carbocycles. The topological polar surface area (TPSA) is 68.3 Å². The van der Waals surface area contributed by atoms with E-state index in [0.717, 1.165) is 0 Å². The van der Waals surface area contributed by atoms with Gasteiger partial charge in [0.05, 0.1) is 12.5 Å². The third kappa shape index (κ3) is 6.71. The average Bonchev–Trinajstić information content (AvgIpc) is 2.43. The van der Waals surface area contributed by atoms with Gasteiger partial charge in [0, 0.05) is 0 Å². The van der Waals surface area contributed by atoms with Crippen LogP contribution in [0.3, 0.4) is 0 Å². The van der Waals surface area contributed by atoms with E-state index in [1.165, 1.54) is 0 Å². The molecule has 1 amide bonds. The van der Waals surface area contributed by atoms with Crippen LogP contribution in [-0.2, 0) is 4.79 Å². The van der Waals surface area contributed by atoms with Crippen LogP contribution in [0, 0.1) is 0 Å². The minimum Gasteiger partial charge on any atom is -0.473 e. The van der Waals surface area contributed by atoms with Crippen molar-refractivity contribution < 1.29 is 9.21 Å². The molecular weight excluding hydrogens is 120 g/mol. The van der Waals surface area contributed by atoms with Crippen LogP contribution in [-0.4, -0.2) is 6.41 Å². The number of carbonyl (C=O) groups is 1. The fourth-order valence-electron chi connectivity index (χ4n) is 0.227. The van der Waals surface area contributed by atoms with E-state index >= 15 is 0 Å². The van der Waals surface area contributed by atoms with Gasteiger partial charge in [-0.1, -0.05) is 0 Å². The molecule has 4 heteroatoms. The van der Waals surface area contributed by atoms with Gasteiger partial charge in [0.15, 0.2) is 0 Å². The highest BCUT2D eigenvalue weighted by molar-refractivity contribution is 5.44. The van der Waals surface area contributed by atoms with Gasteiger partial charge in [-0.05, 0) is 12.1 Å². The number of nitrogens with two attached hydrogens (primary N) is 1. The highest BCUT2D eigenvalue weighted by Crippen LogP contribution is 1.79. The Hall–Kier alpha value is -1.29. The van der Waals surface area contributed by atoms with Crippen molar-refractivity contribution in [2.24, 2.45) is 5.84 Å². The molecule has 0 fully saturated rings. The summed E-state index contributed by atoms with van der Waals surface area (Å²) in [7, 11) is 0. The maximum atomic E-state index is 8.94. The molecule has 1 aromatic heterocycles. The van der Waals surface area contributed by atoms with E-state index in [2.05, 4.69) is 10.3 Å². The Balaban J connectivity index is 0.000000148. The third-order valence-electron chi connectivity index (χ3n) is 0.493. The summed E-state index contributed by atoms with van der Waals surface area (Å²) in [5, 5.41) is 0. The van der Waals surface area contributed by atoms with Crippen LogP contribution < -0.4 is 11.3 Å². The number of amides is 1. The zero-order valence-electron chi connectivity index (χ0n) is 4.78. The summed E-state index contributed by atoms with van der Waals surface area (Å²) >= 11 is 0. The maximum absolute atomic E-state index is 8.94. The molecule has 1 rings (SSSR count). The molecule has 0 aliphatic heterocycles. The minimum atomic E-state index is 0.403. The molecule has 0 spiro atoms. The second-order valence-corrected chi connectivity index (χ2v) is 1.08. The first-order chi connectivity index (χ1) is 4.41. The first-order valence-electron chi connectivity index (χ1n) is 2.28. The summed E-state index contributed by atoms with van der Waals surface area (Å²) < 4.78 is 4.58. The number of carbonyl (C=O) groups excluding carboxylic acids is 1. The van der Waals surface area contributed by atoms with E-state index in [1.807, 2.05) is 12.1 Å². The molecule has 0 bridgehead atoms. The van der Waals surface area contributed by atoms with Gasteiger partial charge in [-0.2, -0.15) is 0 Å². The standard InChI is InChI=1S/C4H4O.CH4N2O/c1-2-4-5-3-1;2-3-1-4/h1-4H;1H,2H2,(H,3,4). The van der Waals surface area contributed by atoms with Crippen LogP contribution in [0.15, 0.2) is 29.1 Å². The van der Waals surface area contributed by atoms with Gasteiger partial charge in [0.25, 0.3) is 0 Å². The van der Waals surface area contributed by atoms with Crippen LogP contribution in [0.4, 0.5) is 0 Å². The lowest BCUT2D eigenvalue weighted by molar-refractivity contribution is -0.109. The van der Waals surface area contributed by atoms with E-state index in [4.69, 9.17) is 4.79 Å². The van der Waals surface area contributed by atoms with Gasteiger partial charge in [-0.15, -0.1) is 0 Å². The third-order valence-corrected chi connectivity index (χ3v) is 0.493. The summed E-state index contributed by atoms with van der Waals surface area (Å²) in [6.07, 6.45) is 3.65. The zero-order valence-corrected chi connectivity index (χ0v) is 4.78. The highest BCUT2D eigenvalue weighted by atomic mass is 16.3. The van der Waals surface area contributed by atoms with Crippen molar-refractivity contribution in [1.82, 2.24) is 5.43 Å². The second-order valence-electron chi connectivity index (χ2n) is 1.08. The van der Waals surface area contributed by atoms with Gasteiger partial charge >= 0.3 is 0 Å². The number of rotatable bonds is 1. The molecule has 9 heavy (non-hydrogen) atoms. The van der Waals surface area contributed by atoms with E-state index < -0.39 is 0 Å². The number of hydrogen-bond acceptors (Lipinski definition) is 3. The van der Waals surface area contributed by atoms with Crippen LogP contribution >= 0.6 is 0 Å². The van der Waals surface area contributed by atoms with Crippen LogP contribution in [0.5, 0.6) is 0 Å². The molecule has 0 aliphatic rings. The Kier molecular flexibility index (Phi) is 5.75. The molecule has 1 heterocycles. The predicted octanol–water partition coefficient (Wildman–Crippen LogP) is -0.114. The smallest absolute Gasteiger partial charge is 0.221 e. The molecule has 3 N–H and O–H groups in total. The number of hydrazine groups is 1. The number of furan rings is 1. The first-order valence-corrected chi connectivity index (χ1v) is 2.28. The lowest BCUT2D eigenvalue weighted by atomic mass is 10.7. The van der Waals surface area contributed by atoms with Crippen molar-refractivity contribution in [3.05, 3.63) is 24.7 Å². The Morgan fingerprint density at radius 2 is 1.89 bits per heavy atom. The lowest BCUT2D eigenvalue weighted by Gasteiger charge is -1.66. The summed E-state index contributed by atoms with van der Waals surface area (Å²) in [4.78, 5) is 8.94. The number of hydrogen-bond donors (Lipinski definition) is 2. The minimum absolute atomic E-state index is 0.403. The zero-order chi connectivity index (χ0) is 6.95. The molecule has 50 valence electrons. The van der Waals surface area contributed by atoms with Gasteiger partial charge in [0.2, 0.25) is 6.41 Å². The molecule has 0 radical (unpaired) electrons. The van der Waals surface area contributed by atoms with E-state index in [-0.39, 0.29) is 0 Å². The van der Waals surface area contributed by atoms with Crippen molar-refractivity contribution in [3.63, 3.8) is 0 Å². The molecule has 0 atom stereocenters. The van der Waals surface area contributed by atoms with E-state index in [0.29, 0.717) is 6.41 Å². The predicted molar refractivity (Wildman–Crippen MR) is 32.1 cm³/mol. The summed E-state index contributed by atoms with van der Waals surface area (Å²) in [5.41, 5.74) is 1.75. The Bertz CT molecular complexity index is 110. The maximum Gasteiger partial charge on any atom is 0.221 e. The molecule has 0 saturated carbocycles.